The molecule has 0 spiro atoms. The lowest BCUT2D eigenvalue weighted by molar-refractivity contribution is -0.384. The predicted molar refractivity (Wildman–Crippen MR) is 72.5 cm³/mol. The van der Waals surface area contributed by atoms with E-state index < -0.39 is 16.6 Å². The van der Waals surface area contributed by atoms with Crippen molar-refractivity contribution in [3.63, 3.8) is 0 Å². The molecule has 0 amide bonds. The maximum absolute atomic E-state index is 13.7. The molecular weight excluding hydrogens is 290 g/mol. The van der Waals surface area contributed by atoms with E-state index in [-0.39, 0.29) is 16.4 Å². The molecule has 2 rings (SSSR count). The van der Waals surface area contributed by atoms with Crippen LogP contribution in [0.2, 0.25) is 5.02 Å². The van der Waals surface area contributed by atoms with Crippen molar-refractivity contribution in [1.82, 2.24) is 0 Å². The van der Waals surface area contributed by atoms with Gasteiger partial charge in [0, 0.05) is 36.0 Å². The Morgan fingerprint density at radius 3 is 2.50 bits per heavy atom. The molecule has 0 fully saturated rings. The van der Waals surface area contributed by atoms with E-state index in [9.17, 15) is 18.9 Å². The number of halogens is 3. The van der Waals surface area contributed by atoms with Crippen LogP contribution in [-0.2, 0) is 0 Å². The topological polar surface area (TPSA) is 46.4 Å². The average Bonchev–Trinajstić information content (AvgIpc) is 2.37. The van der Waals surface area contributed by atoms with Crippen molar-refractivity contribution in [3.8, 4) is 0 Å². The highest BCUT2D eigenvalue weighted by molar-refractivity contribution is 6.31. The molecule has 0 saturated carbocycles. The number of anilines is 2. The Bertz CT molecular complexity index is 679. The van der Waals surface area contributed by atoms with Crippen molar-refractivity contribution in [2.45, 2.75) is 0 Å². The molecule has 2 aromatic carbocycles. The first-order valence-electron chi connectivity index (χ1n) is 5.52. The second-order valence-corrected chi connectivity index (χ2v) is 4.52. The summed E-state index contributed by atoms with van der Waals surface area (Å²) in [6.07, 6.45) is 0. The van der Waals surface area contributed by atoms with Crippen LogP contribution < -0.4 is 4.90 Å². The van der Waals surface area contributed by atoms with E-state index in [2.05, 4.69) is 0 Å². The lowest BCUT2D eigenvalue weighted by Gasteiger charge is -2.20. The number of hydrogen-bond donors (Lipinski definition) is 0. The van der Waals surface area contributed by atoms with Crippen molar-refractivity contribution >= 4 is 28.7 Å². The smallest absolute Gasteiger partial charge is 0.273 e. The SMILES string of the molecule is CN(c1cc(Cl)cc([N+](=O)[O-])c1)c1ccc(F)cc1F. The standard InChI is InChI=1S/C13H9ClF2N2O2/c1-17(13-3-2-9(15)6-12(13)16)10-4-8(14)5-11(7-10)18(19)20/h2-7H,1H3. The molecule has 0 N–H and O–H groups in total. The van der Waals surface area contributed by atoms with Gasteiger partial charge in [0.1, 0.15) is 11.6 Å². The van der Waals surface area contributed by atoms with E-state index in [0.29, 0.717) is 5.69 Å². The molecule has 4 nitrogen and oxygen atoms in total. The summed E-state index contributed by atoms with van der Waals surface area (Å²) in [5.74, 6) is -1.47. The monoisotopic (exact) mass is 298 g/mol. The Hall–Kier alpha value is -2.21. The van der Waals surface area contributed by atoms with Crippen molar-refractivity contribution in [2.75, 3.05) is 11.9 Å². The number of non-ortho nitro benzene ring substituents is 1. The van der Waals surface area contributed by atoms with Crippen LogP contribution in [0.1, 0.15) is 0 Å². The van der Waals surface area contributed by atoms with Gasteiger partial charge in [-0.15, -0.1) is 0 Å². The van der Waals surface area contributed by atoms with E-state index in [1.165, 1.54) is 36.2 Å². The number of nitro benzene ring substituents is 1. The molecule has 0 aliphatic heterocycles. The van der Waals surface area contributed by atoms with E-state index >= 15 is 0 Å². The first-order valence-corrected chi connectivity index (χ1v) is 5.90. The van der Waals surface area contributed by atoms with Crippen LogP contribution in [0.15, 0.2) is 36.4 Å². The zero-order valence-electron chi connectivity index (χ0n) is 10.3. The van der Waals surface area contributed by atoms with Gasteiger partial charge >= 0.3 is 0 Å². The third-order valence-corrected chi connectivity index (χ3v) is 2.95. The van der Waals surface area contributed by atoms with Crippen LogP contribution >= 0.6 is 11.6 Å². The van der Waals surface area contributed by atoms with E-state index in [0.717, 1.165) is 12.1 Å². The molecule has 0 aliphatic rings. The zero-order chi connectivity index (χ0) is 14.9. The maximum Gasteiger partial charge on any atom is 0.273 e. The van der Waals surface area contributed by atoms with Gasteiger partial charge in [-0.2, -0.15) is 0 Å². The molecule has 0 aromatic heterocycles. The average molecular weight is 299 g/mol. The van der Waals surface area contributed by atoms with Gasteiger partial charge in [0.05, 0.1) is 10.6 Å². The van der Waals surface area contributed by atoms with Gasteiger partial charge in [-0.25, -0.2) is 8.78 Å². The lowest BCUT2D eigenvalue weighted by atomic mass is 10.2. The lowest BCUT2D eigenvalue weighted by Crippen LogP contribution is -2.11. The van der Waals surface area contributed by atoms with Crippen LogP contribution in [0.5, 0.6) is 0 Å². The van der Waals surface area contributed by atoms with Crippen molar-refractivity contribution < 1.29 is 13.7 Å². The van der Waals surface area contributed by atoms with Crippen molar-refractivity contribution in [2.24, 2.45) is 0 Å². The first kappa shape index (κ1) is 14.2. The molecule has 2 aromatic rings. The molecule has 0 aliphatic carbocycles. The summed E-state index contributed by atoms with van der Waals surface area (Å²) < 4.78 is 26.6. The highest BCUT2D eigenvalue weighted by atomic mass is 35.5. The summed E-state index contributed by atoms with van der Waals surface area (Å²) in [6, 6.07) is 7.00. The second kappa shape index (κ2) is 5.42. The molecule has 0 bridgehead atoms. The van der Waals surface area contributed by atoms with Crippen molar-refractivity contribution in [1.29, 1.82) is 0 Å². The third kappa shape index (κ3) is 2.85. The fraction of sp³-hybridized carbons (Fsp3) is 0.0769. The second-order valence-electron chi connectivity index (χ2n) is 4.08. The normalized spacial score (nSPS) is 10.4. The largest absolute Gasteiger partial charge is 0.342 e. The van der Waals surface area contributed by atoms with Gasteiger partial charge in [-0.1, -0.05) is 11.6 Å². The summed E-state index contributed by atoms with van der Waals surface area (Å²) in [4.78, 5) is 11.5. The molecule has 7 heteroatoms. The Morgan fingerprint density at radius 2 is 1.90 bits per heavy atom. The maximum atomic E-state index is 13.7. The molecule has 20 heavy (non-hydrogen) atoms. The summed E-state index contributed by atoms with van der Waals surface area (Å²) in [5, 5.41) is 10.9. The number of hydrogen-bond acceptors (Lipinski definition) is 3. The molecule has 0 radical (unpaired) electrons. The molecule has 0 saturated heterocycles. The molecule has 0 heterocycles. The van der Waals surface area contributed by atoms with E-state index in [1.807, 2.05) is 0 Å². The number of nitrogens with zero attached hydrogens (tertiary/aromatic N) is 2. The van der Waals surface area contributed by atoms with Gasteiger partial charge in [-0.05, 0) is 18.2 Å². The number of rotatable bonds is 3. The molecule has 0 unspecified atom stereocenters. The highest BCUT2D eigenvalue weighted by Gasteiger charge is 2.15. The molecule has 0 atom stereocenters. The van der Waals surface area contributed by atoms with Crippen LogP contribution in [0, 0.1) is 21.7 Å². The number of benzene rings is 2. The van der Waals surface area contributed by atoms with Crippen LogP contribution in [-0.4, -0.2) is 12.0 Å². The van der Waals surface area contributed by atoms with Gasteiger partial charge in [0.2, 0.25) is 0 Å². The first-order chi connectivity index (χ1) is 9.38. The van der Waals surface area contributed by atoms with Crippen LogP contribution in [0.3, 0.4) is 0 Å². The third-order valence-electron chi connectivity index (χ3n) is 2.74. The molecule has 104 valence electrons. The molecular formula is C13H9ClF2N2O2. The Balaban J connectivity index is 2.47. The summed E-state index contributed by atoms with van der Waals surface area (Å²) in [5.41, 5.74) is 0.208. The minimum Gasteiger partial charge on any atom is -0.342 e. The van der Waals surface area contributed by atoms with E-state index in [4.69, 9.17) is 11.6 Å². The summed E-state index contributed by atoms with van der Waals surface area (Å²) in [6.45, 7) is 0. The minimum atomic E-state index is -0.768. The van der Waals surface area contributed by atoms with Crippen molar-refractivity contribution in [3.05, 3.63) is 63.2 Å². The van der Waals surface area contributed by atoms with Gasteiger partial charge < -0.3 is 4.90 Å². The fourth-order valence-corrected chi connectivity index (χ4v) is 1.97. The van der Waals surface area contributed by atoms with Crippen LogP contribution in [0.4, 0.5) is 25.8 Å². The Morgan fingerprint density at radius 1 is 1.20 bits per heavy atom. The quantitative estimate of drug-likeness (QED) is 0.627. The Kier molecular flexibility index (Phi) is 3.85. The summed E-state index contributed by atoms with van der Waals surface area (Å²) >= 11 is 5.81. The van der Waals surface area contributed by atoms with Gasteiger partial charge in [-0.3, -0.25) is 10.1 Å². The van der Waals surface area contributed by atoms with Crippen LogP contribution in [0.25, 0.3) is 0 Å². The van der Waals surface area contributed by atoms with Gasteiger partial charge in [0.25, 0.3) is 5.69 Å². The zero-order valence-corrected chi connectivity index (χ0v) is 11.1. The summed E-state index contributed by atoms with van der Waals surface area (Å²) in [7, 11) is 1.51. The minimum absolute atomic E-state index is 0.0861. The Labute approximate surface area is 118 Å². The fourth-order valence-electron chi connectivity index (χ4n) is 1.75. The van der Waals surface area contributed by atoms with Gasteiger partial charge in [0.15, 0.2) is 0 Å². The van der Waals surface area contributed by atoms with E-state index in [1.54, 1.807) is 0 Å². The number of nitro groups is 1. The highest BCUT2D eigenvalue weighted by Crippen LogP contribution is 2.31. The predicted octanol–water partition coefficient (Wildman–Crippen LogP) is 4.29.